The number of hydrogen-bond acceptors (Lipinski definition) is 4. The van der Waals surface area contributed by atoms with Gasteiger partial charge in [-0.25, -0.2) is 0 Å². The van der Waals surface area contributed by atoms with E-state index in [0.29, 0.717) is 18.6 Å². The molecule has 156 valence electrons. The lowest BCUT2D eigenvalue weighted by molar-refractivity contribution is -0.00529. The van der Waals surface area contributed by atoms with Crippen LogP contribution in [-0.2, 0) is 10.2 Å². The molecule has 4 saturated carbocycles. The molecule has 1 saturated heterocycles. The third kappa shape index (κ3) is 4.21. The van der Waals surface area contributed by atoms with Crippen LogP contribution in [-0.4, -0.2) is 55.6 Å². The zero-order chi connectivity index (χ0) is 18.3. The average molecular weight is 407 g/mol. The lowest BCUT2D eigenvalue weighted by Crippen LogP contribution is -3.00. The first-order valence-corrected chi connectivity index (χ1v) is 10.9. The highest BCUT2D eigenvalue weighted by Crippen LogP contribution is 2.60. The van der Waals surface area contributed by atoms with Gasteiger partial charge >= 0.3 is 0 Å². The first-order valence-electron chi connectivity index (χ1n) is 10.9. The van der Waals surface area contributed by atoms with Gasteiger partial charge in [-0.15, -0.1) is 0 Å². The molecule has 1 aliphatic heterocycles. The fourth-order valence-electron chi connectivity index (χ4n) is 6.70. The molecular weight excluding hydrogens is 374 g/mol. The molecule has 0 amide bonds. The summed E-state index contributed by atoms with van der Waals surface area (Å²) >= 11 is 0. The number of benzene rings is 1. The highest BCUT2D eigenvalue weighted by Gasteiger charge is 2.51. The van der Waals surface area contributed by atoms with Gasteiger partial charge in [-0.05, 0) is 79.4 Å². The Bertz CT molecular complexity index is 608. The zero-order valence-corrected chi connectivity index (χ0v) is 17.4. The Labute approximate surface area is 175 Å². The fourth-order valence-corrected chi connectivity index (χ4v) is 6.70. The number of rotatable bonds is 6. The minimum Gasteiger partial charge on any atom is -1.00 e. The minimum atomic E-state index is -0.453. The van der Waals surface area contributed by atoms with E-state index in [1.165, 1.54) is 44.1 Å². The van der Waals surface area contributed by atoms with Crippen LogP contribution >= 0.6 is 0 Å². The number of morpholine rings is 1. The Kier molecular flexibility index (Phi) is 6.22. The molecule has 1 aromatic rings. The summed E-state index contributed by atoms with van der Waals surface area (Å²) in [6.07, 6.45) is 8.21. The topological polar surface area (TPSA) is 41.9 Å². The molecule has 28 heavy (non-hydrogen) atoms. The molecule has 1 aromatic carbocycles. The van der Waals surface area contributed by atoms with E-state index in [1.54, 1.807) is 0 Å². The molecule has 1 atom stereocenters. The monoisotopic (exact) mass is 406 g/mol. The van der Waals surface area contributed by atoms with E-state index in [9.17, 15) is 5.11 Å². The quantitative estimate of drug-likeness (QED) is 0.734. The number of ether oxygens (including phenoxy) is 2. The molecule has 5 heteroatoms. The van der Waals surface area contributed by atoms with Crippen LogP contribution in [0.1, 0.15) is 44.1 Å². The molecule has 1 N–H and O–H groups in total. The second-order valence-corrected chi connectivity index (χ2v) is 9.60. The van der Waals surface area contributed by atoms with Crippen LogP contribution < -0.4 is 17.1 Å². The van der Waals surface area contributed by atoms with Gasteiger partial charge in [0.15, 0.2) is 0 Å². The summed E-state index contributed by atoms with van der Waals surface area (Å²) < 4.78 is 11.2. The fraction of sp³-hybridized carbons (Fsp3) is 0.739. The molecule has 0 aromatic heterocycles. The van der Waals surface area contributed by atoms with Gasteiger partial charge in [-0.3, -0.25) is 4.90 Å². The molecular formula is C23H33ClNO3-. The minimum absolute atomic E-state index is 0. The van der Waals surface area contributed by atoms with Crippen molar-refractivity contribution in [3.8, 4) is 5.75 Å². The van der Waals surface area contributed by atoms with Crippen LogP contribution in [0.5, 0.6) is 5.75 Å². The summed E-state index contributed by atoms with van der Waals surface area (Å²) in [7, 11) is 0. The van der Waals surface area contributed by atoms with Crippen molar-refractivity contribution in [2.24, 2.45) is 17.8 Å². The number of halogens is 1. The molecule has 5 aliphatic rings. The van der Waals surface area contributed by atoms with Gasteiger partial charge < -0.3 is 27.0 Å². The van der Waals surface area contributed by atoms with Gasteiger partial charge in [-0.2, -0.15) is 0 Å². The van der Waals surface area contributed by atoms with Crippen LogP contribution in [0.3, 0.4) is 0 Å². The van der Waals surface area contributed by atoms with Gasteiger partial charge in [0, 0.05) is 19.6 Å². The van der Waals surface area contributed by atoms with E-state index in [-0.39, 0.29) is 12.4 Å². The third-order valence-electron chi connectivity index (χ3n) is 7.52. The molecule has 0 radical (unpaired) electrons. The number of hydrogen-bond donors (Lipinski definition) is 1. The number of aliphatic hydroxyl groups is 1. The van der Waals surface area contributed by atoms with Crippen molar-refractivity contribution in [2.45, 2.75) is 50.0 Å². The second kappa shape index (κ2) is 8.51. The normalized spacial score (nSPS) is 35.4. The smallest absolute Gasteiger partial charge is 0.119 e. The SMILES string of the molecule is OC(COc1ccc(C23CC4CC(CC(C4)C2)C3)cc1)CN1CCOCC1.[Cl-]. The first kappa shape index (κ1) is 20.5. The first-order chi connectivity index (χ1) is 13.2. The Morgan fingerprint density at radius 3 is 2.14 bits per heavy atom. The maximum Gasteiger partial charge on any atom is 0.119 e. The van der Waals surface area contributed by atoms with Gasteiger partial charge in [0.2, 0.25) is 0 Å². The molecule has 4 bridgehead atoms. The van der Waals surface area contributed by atoms with Gasteiger partial charge in [0.25, 0.3) is 0 Å². The molecule has 1 heterocycles. The number of β-amino-alcohol motifs (C(OH)–C–C–N with tert-alkyl or cyclic N) is 1. The summed E-state index contributed by atoms with van der Waals surface area (Å²) in [4.78, 5) is 2.24. The molecule has 4 aliphatic carbocycles. The van der Waals surface area contributed by atoms with Crippen LogP contribution in [0.4, 0.5) is 0 Å². The van der Waals surface area contributed by atoms with Crippen molar-refractivity contribution >= 4 is 0 Å². The number of aliphatic hydroxyl groups excluding tert-OH is 1. The lowest BCUT2D eigenvalue weighted by Gasteiger charge is -2.57. The molecule has 5 fully saturated rings. The largest absolute Gasteiger partial charge is 1.00 e. The third-order valence-corrected chi connectivity index (χ3v) is 7.52. The highest BCUT2D eigenvalue weighted by atomic mass is 35.5. The lowest BCUT2D eigenvalue weighted by atomic mass is 9.48. The van der Waals surface area contributed by atoms with Crippen molar-refractivity contribution in [1.29, 1.82) is 0 Å². The van der Waals surface area contributed by atoms with Crippen molar-refractivity contribution in [2.75, 3.05) is 39.5 Å². The molecule has 6 rings (SSSR count). The van der Waals surface area contributed by atoms with E-state index in [4.69, 9.17) is 9.47 Å². The van der Waals surface area contributed by atoms with Gasteiger partial charge in [0.1, 0.15) is 18.5 Å². The van der Waals surface area contributed by atoms with E-state index < -0.39 is 6.10 Å². The van der Waals surface area contributed by atoms with Crippen molar-refractivity contribution in [3.05, 3.63) is 29.8 Å². The second-order valence-electron chi connectivity index (χ2n) is 9.60. The zero-order valence-electron chi connectivity index (χ0n) is 16.7. The van der Waals surface area contributed by atoms with Crippen molar-refractivity contribution in [1.82, 2.24) is 4.90 Å². The Hall–Kier alpha value is -0.810. The average Bonchev–Trinajstić information content (AvgIpc) is 2.66. The van der Waals surface area contributed by atoms with Crippen molar-refractivity contribution < 1.29 is 27.0 Å². The predicted octanol–water partition coefficient (Wildman–Crippen LogP) is 0.230. The predicted molar refractivity (Wildman–Crippen MR) is 105 cm³/mol. The summed E-state index contributed by atoms with van der Waals surface area (Å²) in [5.41, 5.74) is 1.98. The maximum atomic E-state index is 10.3. The molecule has 4 nitrogen and oxygen atoms in total. The summed E-state index contributed by atoms with van der Waals surface area (Å²) in [6.45, 7) is 4.34. The maximum absolute atomic E-state index is 10.3. The molecule has 1 unspecified atom stereocenters. The Morgan fingerprint density at radius 2 is 1.57 bits per heavy atom. The summed E-state index contributed by atoms with van der Waals surface area (Å²) in [5.74, 6) is 3.80. The Morgan fingerprint density at radius 1 is 1.00 bits per heavy atom. The summed E-state index contributed by atoms with van der Waals surface area (Å²) in [6, 6.07) is 8.85. The van der Waals surface area contributed by atoms with Crippen LogP contribution in [0, 0.1) is 17.8 Å². The van der Waals surface area contributed by atoms with E-state index in [1.807, 2.05) is 0 Å². The summed E-state index contributed by atoms with van der Waals surface area (Å²) in [5, 5.41) is 10.3. The van der Waals surface area contributed by atoms with Crippen molar-refractivity contribution in [3.63, 3.8) is 0 Å². The van der Waals surface area contributed by atoms with E-state index in [0.717, 1.165) is 49.8 Å². The van der Waals surface area contributed by atoms with Gasteiger partial charge in [-0.1, -0.05) is 12.1 Å². The van der Waals surface area contributed by atoms with Crippen LogP contribution in [0.15, 0.2) is 24.3 Å². The van der Waals surface area contributed by atoms with E-state index >= 15 is 0 Å². The van der Waals surface area contributed by atoms with E-state index in [2.05, 4.69) is 29.2 Å². The number of nitrogens with zero attached hydrogens (tertiary/aromatic N) is 1. The standard InChI is InChI=1S/C23H33NO3.ClH/c25-21(15-24-5-7-26-8-6-24)16-27-22-3-1-20(2-4-22)23-12-17-9-18(13-23)11-19(10-17)14-23;/h1-4,17-19,21,25H,5-16H2;1H/p-1. The highest BCUT2D eigenvalue weighted by molar-refractivity contribution is 5.34. The van der Waals surface area contributed by atoms with Crippen LogP contribution in [0.25, 0.3) is 0 Å². The van der Waals surface area contributed by atoms with Crippen LogP contribution in [0.2, 0.25) is 0 Å². The Balaban J connectivity index is 0.00000192. The molecule has 0 spiro atoms. The van der Waals surface area contributed by atoms with Gasteiger partial charge in [0.05, 0.1) is 13.2 Å².